The van der Waals surface area contributed by atoms with Gasteiger partial charge in [0.25, 0.3) is 11.6 Å². The minimum Gasteiger partial charge on any atom is -0.477 e. The van der Waals surface area contributed by atoms with E-state index in [0.29, 0.717) is 11.1 Å². The van der Waals surface area contributed by atoms with Crippen LogP contribution in [0.5, 0.6) is 5.75 Å². The average molecular weight is 427 g/mol. The van der Waals surface area contributed by atoms with Gasteiger partial charge in [0.2, 0.25) is 5.67 Å². The second-order valence-electron chi connectivity index (χ2n) is 7.62. The van der Waals surface area contributed by atoms with Gasteiger partial charge in [0.15, 0.2) is 0 Å². The van der Waals surface area contributed by atoms with Gasteiger partial charge in [-0.25, -0.2) is 13.6 Å². The van der Waals surface area contributed by atoms with Gasteiger partial charge in [-0.3, -0.25) is 4.79 Å². The molecule has 0 aromatic heterocycles. The smallest absolute Gasteiger partial charge is 0.370 e. The number of carbonyl (C=O) groups excluding carboxylic acids is 1. The SMILES string of the molecule is CC(C)C(NC(=O)C1(F)CC(c2ccccc2)=CC=C1F)(Oc1ccccc1)C(=O)O. The van der Waals surface area contributed by atoms with Gasteiger partial charge < -0.3 is 15.2 Å². The number of hydrogen-bond donors (Lipinski definition) is 2. The third kappa shape index (κ3) is 4.35. The second kappa shape index (κ2) is 8.71. The standard InChI is InChI=1S/C24H23F2NO4/c1-16(2)24(22(29)30,31-19-11-7-4-8-12-19)27-21(28)23(26)15-18(13-14-20(23)25)17-9-5-3-6-10-17/h3-14,16H,15H2,1-2H3,(H,27,28)(H,29,30). The van der Waals surface area contributed by atoms with E-state index in [4.69, 9.17) is 4.74 Å². The lowest BCUT2D eigenvalue weighted by molar-refractivity contribution is -0.169. The molecule has 0 heterocycles. The number of rotatable bonds is 7. The van der Waals surface area contributed by atoms with Crippen LogP contribution in [0.15, 0.2) is 78.6 Å². The number of alkyl halides is 1. The van der Waals surface area contributed by atoms with Crippen LogP contribution in [0.1, 0.15) is 25.8 Å². The quantitative estimate of drug-likeness (QED) is 0.630. The second-order valence-corrected chi connectivity index (χ2v) is 7.62. The molecule has 2 N–H and O–H groups in total. The molecule has 31 heavy (non-hydrogen) atoms. The summed E-state index contributed by atoms with van der Waals surface area (Å²) < 4.78 is 35.9. The van der Waals surface area contributed by atoms with Crippen molar-refractivity contribution in [1.82, 2.24) is 5.32 Å². The normalized spacial score (nSPS) is 20.3. The molecule has 0 saturated heterocycles. The summed E-state index contributed by atoms with van der Waals surface area (Å²) in [5.74, 6) is -4.89. The van der Waals surface area contributed by atoms with Crippen molar-refractivity contribution in [3.63, 3.8) is 0 Å². The molecule has 0 spiro atoms. The number of hydrogen-bond acceptors (Lipinski definition) is 3. The van der Waals surface area contributed by atoms with E-state index in [1.807, 2.05) is 0 Å². The predicted molar refractivity (Wildman–Crippen MR) is 112 cm³/mol. The van der Waals surface area contributed by atoms with E-state index >= 15 is 4.39 Å². The van der Waals surface area contributed by atoms with Crippen molar-refractivity contribution in [3.05, 3.63) is 84.2 Å². The predicted octanol–water partition coefficient (Wildman–Crippen LogP) is 4.67. The van der Waals surface area contributed by atoms with Gasteiger partial charge in [0, 0.05) is 12.3 Å². The molecule has 1 amide bonds. The number of aliphatic carboxylic acids is 1. The van der Waals surface area contributed by atoms with Crippen LogP contribution in [-0.2, 0) is 9.59 Å². The van der Waals surface area contributed by atoms with Crippen molar-refractivity contribution in [2.45, 2.75) is 31.7 Å². The Hall–Kier alpha value is -3.48. The topological polar surface area (TPSA) is 75.6 Å². The summed E-state index contributed by atoms with van der Waals surface area (Å²) in [5, 5.41) is 12.0. The molecule has 0 aliphatic heterocycles. The summed E-state index contributed by atoms with van der Waals surface area (Å²) in [7, 11) is 0. The molecule has 3 rings (SSSR count). The number of carboxylic acid groups (broad SMARTS) is 1. The molecule has 0 saturated carbocycles. The molecule has 2 aromatic carbocycles. The largest absolute Gasteiger partial charge is 0.477 e. The third-order valence-corrected chi connectivity index (χ3v) is 5.20. The maximum Gasteiger partial charge on any atom is 0.370 e. The highest BCUT2D eigenvalue weighted by molar-refractivity contribution is 5.95. The van der Waals surface area contributed by atoms with E-state index in [1.165, 1.54) is 32.1 Å². The Morgan fingerprint density at radius 2 is 1.65 bits per heavy atom. The molecule has 162 valence electrons. The van der Waals surface area contributed by atoms with Gasteiger partial charge >= 0.3 is 5.97 Å². The first-order chi connectivity index (χ1) is 14.7. The number of halogens is 2. The summed E-state index contributed by atoms with van der Waals surface area (Å²) in [6.45, 7) is 3.01. The van der Waals surface area contributed by atoms with Crippen LogP contribution in [0.3, 0.4) is 0 Å². The molecule has 2 unspecified atom stereocenters. The van der Waals surface area contributed by atoms with Gasteiger partial charge in [-0.1, -0.05) is 68.5 Å². The van der Waals surface area contributed by atoms with Crippen LogP contribution in [0.25, 0.3) is 5.57 Å². The van der Waals surface area contributed by atoms with Gasteiger partial charge in [-0.05, 0) is 29.3 Å². The summed E-state index contributed by atoms with van der Waals surface area (Å²) in [6, 6.07) is 16.7. The first kappa shape index (κ1) is 22.2. The number of ether oxygens (including phenoxy) is 1. The highest BCUT2D eigenvalue weighted by atomic mass is 19.2. The Balaban J connectivity index is 1.93. The maximum atomic E-state index is 15.7. The Kier molecular flexibility index (Phi) is 6.24. The number of carboxylic acids is 1. The van der Waals surface area contributed by atoms with Crippen LogP contribution < -0.4 is 10.1 Å². The first-order valence-corrected chi connectivity index (χ1v) is 9.80. The lowest BCUT2D eigenvalue weighted by atomic mass is 9.85. The van der Waals surface area contributed by atoms with Crippen LogP contribution in [0, 0.1) is 5.92 Å². The summed E-state index contributed by atoms with van der Waals surface area (Å²) in [5.41, 5.74) is -4.33. The van der Waals surface area contributed by atoms with Crippen LogP contribution in [-0.4, -0.2) is 28.4 Å². The van der Waals surface area contributed by atoms with Gasteiger partial charge in [-0.15, -0.1) is 0 Å². The minimum absolute atomic E-state index is 0.163. The fourth-order valence-electron chi connectivity index (χ4n) is 3.32. The van der Waals surface area contributed by atoms with Crippen LogP contribution in [0.4, 0.5) is 8.78 Å². The Bertz CT molecular complexity index is 1020. The Morgan fingerprint density at radius 1 is 1.06 bits per heavy atom. The molecule has 5 nitrogen and oxygen atoms in total. The molecular formula is C24H23F2NO4. The zero-order valence-corrected chi connectivity index (χ0v) is 17.1. The van der Waals surface area contributed by atoms with E-state index in [2.05, 4.69) is 5.32 Å². The van der Waals surface area contributed by atoms with Crippen molar-refractivity contribution < 1.29 is 28.2 Å². The van der Waals surface area contributed by atoms with E-state index in [0.717, 1.165) is 6.08 Å². The summed E-state index contributed by atoms with van der Waals surface area (Å²) in [4.78, 5) is 25.2. The van der Waals surface area contributed by atoms with Gasteiger partial charge in [0.1, 0.15) is 11.6 Å². The molecule has 7 heteroatoms. The minimum atomic E-state index is -3.07. The van der Waals surface area contributed by atoms with Gasteiger partial charge in [0.05, 0.1) is 0 Å². The number of carbonyl (C=O) groups is 2. The van der Waals surface area contributed by atoms with Crippen molar-refractivity contribution in [3.8, 4) is 5.75 Å². The van der Waals surface area contributed by atoms with Crippen molar-refractivity contribution >= 4 is 17.4 Å². The number of para-hydroxylation sites is 1. The Morgan fingerprint density at radius 3 is 2.19 bits per heavy atom. The fourth-order valence-corrected chi connectivity index (χ4v) is 3.32. The van der Waals surface area contributed by atoms with Crippen molar-refractivity contribution in [2.24, 2.45) is 5.92 Å². The molecule has 2 atom stereocenters. The van der Waals surface area contributed by atoms with E-state index < -0.39 is 41.4 Å². The molecule has 0 radical (unpaired) electrons. The zero-order chi connectivity index (χ0) is 22.6. The van der Waals surface area contributed by atoms with E-state index in [-0.39, 0.29) is 5.75 Å². The highest BCUT2D eigenvalue weighted by Crippen LogP contribution is 2.39. The number of amides is 1. The van der Waals surface area contributed by atoms with Crippen molar-refractivity contribution in [2.75, 3.05) is 0 Å². The summed E-state index contributed by atoms with van der Waals surface area (Å²) >= 11 is 0. The average Bonchev–Trinajstić information content (AvgIpc) is 2.76. The van der Waals surface area contributed by atoms with Crippen molar-refractivity contribution in [1.29, 1.82) is 0 Å². The highest BCUT2D eigenvalue weighted by Gasteiger charge is 2.53. The Labute approximate surface area is 179 Å². The molecule has 1 aliphatic carbocycles. The lowest BCUT2D eigenvalue weighted by Gasteiger charge is -2.37. The third-order valence-electron chi connectivity index (χ3n) is 5.20. The number of nitrogens with one attached hydrogen (secondary N) is 1. The monoisotopic (exact) mass is 427 g/mol. The maximum absolute atomic E-state index is 15.7. The van der Waals surface area contributed by atoms with Gasteiger partial charge in [-0.2, -0.15) is 0 Å². The molecule has 0 bridgehead atoms. The molecule has 0 fully saturated rings. The van der Waals surface area contributed by atoms with Crippen LogP contribution in [0.2, 0.25) is 0 Å². The fraction of sp³-hybridized carbons (Fsp3) is 0.250. The van der Waals surface area contributed by atoms with E-state index in [9.17, 15) is 19.1 Å². The first-order valence-electron chi connectivity index (χ1n) is 9.80. The van der Waals surface area contributed by atoms with Crippen LogP contribution >= 0.6 is 0 Å². The molecular weight excluding hydrogens is 404 g/mol. The zero-order valence-electron chi connectivity index (χ0n) is 17.1. The molecule has 2 aromatic rings. The number of benzene rings is 2. The lowest BCUT2D eigenvalue weighted by Crippen LogP contribution is -2.65. The number of allylic oxidation sites excluding steroid dienone is 3. The van der Waals surface area contributed by atoms with E-state index in [1.54, 1.807) is 48.5 Å². The summed E-state index contributed by atoms with van der Waals surface area (Å²) in [6.07, 6.45) is 1.72. The molecule has 1 aliphatic rings.